The van der Waals surface area contributed by atoms with Crippen LogP contribution in [-0.2, 0) is 4.74 Å². The molecule has 1 aromatic rings. The molecule has 1 aliphatic heterocycles. The molecule has 0 spiro atoms. The molecular weight excluding hydrogens is 321 g/mol. The lowest BCUT2D eigenvalue weighted by Gasteiger charge is -2.39. The van der Waals surface area contributed by atoms with Gasteiger partial charge in [-0.05, 0) is 57.7 Å². The van der Waals surface area contributed by atoms with Crippen molar-refractivity contribution in [2.24, 2.45) is 0 Å². The molecular formula is C17H23ClFNO3. The fourth-order valence-corrected chi connectivity index (χ4v) is 2.94. The average Bonchev–Trinajstić information content (AvgIpc) is 2.47. The van der Waals surface area contributed by atoms with Gasteiger partial charge in [-0.25, -0.2) is 9.18 Å². The summed E-state index contributed by atoms with van der Waals surface area (Å²) in [6.45, 7) is 5.95. The maximum absolute atomic E-state index is 13.3. The van der Waals surface area contributed by atoms with Crippen LogP contribution >= 0.6 is 11.6 Å². The van der Waals surface area contributed by atoms with E-state index >= 15 is 0 Å². The summed E-state index contributed by atoms with van der Waals surface area (Å²) < 4.78 is 18.7. The highest BCUT2D eigenvalue weighted by molar-refractivity contribution is 6.30. The first-order chi connectivity index (χ1) is 10.7. The summed E-state index contributed by atoms with van der Waals surface area (Å²) in [4.78, 5) is 14.0. The van der Waals surface area contributed by atoms with E-state index in [0.717, 1.165) is 12.8 Å². The van der Waals surface area contributed by atoms with E-state index in [0.29, 0.717) is 18.5 Å². The number of ether oxygens (including phenoxy) is 1. The quantitative estimate of drug-likeness (QED) is 0.870. The number of aliphatic hydroxyl groups is 1. The third-order valence-electron chi connectivity index (χ3n) is 3.83. The molecule has 0 unspecified atom stereocenters. The van der Waals surface area contributed by atoms with E-state index in [2.05, 4.69) is 0 Å². The van der Waals surface area contributed by atoms with Gasteiger partial charge in [-0.15, -0.1) is 0 Å². The van der Waals surface area contributed by atoms with Gasteiger partial charge in [0.15, 0.2) is 0 Å². The summed E-state index contributed by atoms with van der Waals surface area (Å²) in [5.74, 6) is -0.532. The Kier molecular flexibility index (Phi) is 5.53. The van der Waals surface area contributed by atoms with Crippen molar-refractivity contribution in [3.8, 4) is 0 Å². The second-order valence-corrected chi connectivity index (χ2v) is 7.26. The summed E-state index contributed by atoms with van der Waals surface area (Å²) in [5, 5.41) is 10.6. The molecule has 1 aliphatic rings. The first-order valence-corrected chi connectivity index (χ1v) is 8.19. The lowest BCUT2D eigenvalue weighted by Crippen LogP contribution is -2.48. The van der Waals surface area contributed by atoms with Crippen molar-refractivity contribution < 1.29 is 19.0 Å². The third kappa shape index (κ3) is 4.58. The Bertz CT molecular complexity index is 573. The maximum Gasteiger partial charge on any atom is 0.410 e. The molecule has 0 aliphatic carbocycles. The Balaban J connectivity index is 2.19. The van der Waals surface area contributed by atoms with Crippen LogP contribution in [0.5, 0.6) is 0 Å². The number of carbonyl (C=O) groups is 1. The van der Waals surface area contributed by atoms with Crippen molar-refractivity contribution >= 4 is 17.7 Å². The van der Waals surface area contributed by atoms with E-state index in [1.165, 1.54) is 18.2 Å². The van der Waals surface area contributed by atoms with Crippen molar-refractivity contribution in [2.45, 2.75) is 57.8 Å². The highest BCUT2D eigenvalue weighted by Gasteiger charge is 2.35. The first-order valence-electron chi connectivity index (χ1n) is 7.81. The van der Waals surface area contributed by atoms with E-state index in [9.17, 15) is 14.3 Å². The number of nitrogens with zero attached hydrogens (tertiary/aromatic N) is 1. The second-order valence-electron chi connectivity index (χ2n) is 6.86. The standard InChI is InChI=1S/C17H23ClFNO3/c1-17(2,3)23-16(22)20-9-5-4-6-14(20)15(21)11-7-8-13(19)12(18)10-11/h7-8,10,14-15,21H,4-6,9H2,1-3H3/t14-,15-/m1/s1. The normalized spacial score (nSPS) is 20.3. The predicted molar refractivity (Wildman–Crippen MR) is 86.9 cm³/mol. The Morgan fingerprint density at radius 3 is 2.74 bits per heavy atom. The number of hydrogen-bond acceptors (Lipinski definition) is 3. The molecule has 2 rings (SSSR count). The van der Waals surface area contributed by atoms with Crippen LogP contribution in [-0.4, -0.2) is 34.3 Å². The zero-order chi connectivity index (χ0) is 17.2. The van der Waals surface area contributed by atoms with Crippen molar-refractivity contribution in [3.05, 3.63) is 34.6 Å². The van der Waals surface area contributed by atoms with Gasteiger partial charge in [0, 0.05) is 6.54 Å². The number of benzene rings is 1. The minimum atomic E-state index is -0.930. The molecule has 23 heavy (non-hydrogen) atoms. The lowest BCUT2D eigenvalue weighted by molar-refractivity contribution is -0.0169. The molecule has 6 heteroatoms. The molecule has 1 aromatic carbocycles. The van der Waals surface area contributed by atoms with Gasteiger partial charge in [-0.1, -0.05) is 17.7 Å². The maximum atomic E-state index is 13.3. The minimum Gasteiger partial charge on any atom is -0.444 e. The number of halogens is 2. The largest absolute Gasteiger partial charge is 0.444 e. The summed E-state index contributed by atoms with van der Waals surface area (Å²) >= 11 is 5.79. The molecule has 2 atom stereocenters. The molecule has 0 radical (unpaired) electrons. The van der Waals surface area contributed by atoms with Gasteiger partial charge in [0.05, 0.1) is 17.2 Å². The number of likely N-dealkylation sites (tertiary alicyclic amines) is 1. The van der Waals surface area contributed by atoms with Gasteiger partial charge in [0.1, 0.15) is 11.4 Å². The topological polar surface area (TPSA) is 49.8 Å². The second kappa shape index (κ2) is 7.05. The van der Waals surface area contributed by atoms with Crippen molar-refractivity contribution in [1.82, 2.24) is 4.90 Å². The van der Waals surface area contributed by atoms with Crippen LogP contribution in [0.25, 0.3) is 0 Å². The van der Waals surface area contributed by atoms with E-state index in [4.69, 9.17) is 16.3 Å². The number of aliphatic hydroxyl groups excluding tert-OH is 1. The zero-order valence-corrected chi connectivity index (χ0v) is 14.4. The average molecular weight is 344 g/mol. The fraction of sp³-hybridized carbons (Fsp3) is 0.588. The van der Waals surface area contributed by atoms with Crippen LogP contribution < -0.4 is 0 Å². The third-order valence-corrected chi connectivity index (χ3v) is 4.12. The van der Waals surface area contributed by atoms with Crippen molar-refractivity contribution in [1.29, 1.82) is 0 Å². The Morgan fingerprint density at radius 2 is 2.13 bits per heavy atom. The Morgan fingerprint density at radius 1 is 1.43 bits per heavy atom. The zero-order valence-electron chi connectivity index (χ0n) is 13.7. The van der Waals surface area contributed by atoms with Crippen molar-refractivity contribution in [3.63, 3.8) is 0 Å². The smallest absolute Gasteiger partial charge is 0.410 e. The molecule has 1 heterocycles. The Hall–Kier alpha value is -1.33. The van der Waals surface area contributed by atoms with Gasteiger partial charge in [-0.2, -0.15) is 0 Å². The molecule has 1 fully saturated rings. The molecule has 4 nitrogen and oxygen atoms in total. The highest BCUT2D eigenvalue weighted by atomic mass is 35.5. The summed E-state index contributed by atoms with van der Waals surface area (Å²) in [6, 6.07) is 3.72. The summed E-state index contributed by atoms with van der Waals surface area (Å²) in [6.07, 6.45) is 1.08. The molecule has 0 saturated carbocycles. The highest BCUT2D eigenvalue weighted by Crippen LogP contribution is 2.31. The Labute approximate surface area is 141 Å². The molecule has 1 saturated heterocycles. The van der Waals surface area contributed by atoms with Gasteiger partial charge >= 0.3 is 6.09 Å². The van der Waals surface area contributed by atoms with Crippen LogP contribution in [0, 0.1) is 5.82 Å². The van der Waals surface area contributed by atoms with E-state index in [1.54, 1.807) is 25.7 Å². The number of rotatable bonds is 2. The SMILES string of the molecule is CC(C)(C)OC(=O)N1CCCC[C@@H]1[C@H](O)c1ccc(F)c(Cl)c1. The molecule has 0 aromatic heterocycles. The predicted octanol–water partition coefficient (Wildman–Crippen LogP) is 4.30. The van der Waals surface area contributed by atoms with Gasteiger partial charge in [0.2, 0.25) is 0 Å². The van der Waals surface area contributed by atoms with E-state index in [1.807, 2.05) is 0 Å². The fourth-order valence-electron chi connectivity index (χ4n) is 2.75. The number of hydrogen-bond donors (Lipinski definition) is 1. The first kappa shape index (κ1) is 18.0. The van der Waals surface area contributed by atoms with Gasteiger partial charge < -0.3 is 14.7 Å². The monoisotopic (exact) mass is 343 g/mol. The van der Waals surface area contributed by atoms with Crippen LogP contribution in [0.3, 0.4) is 0 Å². The van der Waals surface area contributed by atoms with E-state index < -0.39 is 29.7 Å². The van der Waals surface area contributed by atoms with Crippen molar-refractivity contribution in [2.75, 3.05) is 6.54 Å². The molecule has 1 amide bonds. The summed E-state index contributed by atoms with van der Waals surface area (Å²) in [7, 11) is 0. The summed E-state index contributed by atoms with van der Waals surface area (Å²) in [5.41, 5.74) is -0.0969. The van der Waals surface area contributed by atoms with Crippen LogP contribution in [0.2, 0.25) is 5.02 Å². The minimum absolute atomic E-state index is 0.0406. The van der Waals surface area contributed by atoms with Crippen LogP contribution in [0.15, 0.2) is 18.2 Å². The lowest BCUT2D eigenvalue weighted by atomic mass is 9.93. The van der Waals surface area contributed by atoms with Crippen LogP contribution in [0.4, 0.5) is 9.18 Å². The van der Waals surface area contributed by atoms with Gasteiger partial charge in [0.25, 0.3) is 0 Å². The van der Waals surface area contributed by atoms with Crippen LogP contribution in [0.1, 0.15) is 51.7 Å². The van der Waals surface area contributed by atoms with Gasteiger partial charge in [-0.3, -0.25) is 0 Å². The van der Waals surface area contributed by atoms with E-state index in [-0.39, 0.29) is 5.02 Å². The number of carbonyl (C=O) groups excluding carboxylic acids is 1. The number of piperidine rings is 1. The molecule has 128 valence electrons. The molecule has 1 N–H and O–H groups in total. The molecule has 0 bridgehead atoms. The number of amides is 1.